The number of hydrogen-bond acceptors (Lipinski definition) is 4. The van der Waals surface area contributed by atoms with Gasteiger partial charge in [0.1, 0.15) is 12.4 Å². The lowest BCUT2D eigenvalue weighted by molar-refractivity contribution is 0.0703. The topological polar surface area (TPSA) is 50.7 Å². The minimum absolute atomic E-state index is 0.00522. The largest absolute Gasteiger partial charge is 0.489 e. The summed E-state index contributed by atoms with van der Waals surface area (Å²) in [7, 11) is 0. The van der Waals surface area contributed by atoms with Crippen LogP contribution in [0.2, 0.25) is 10.0 Å². The Balaban J connectivity index is 2.66. The molecule has 0 atom stereocenters. The first-order valence-corrected chi connectivity index (χ1v) is 7.33. The molecule has 1 aromatic rings. The molecule has 114 valence electrons. The molecule has 0 unspecified atom stereocenters. The van der Waals surface area contributed by atoms with Crippen molar-refractivity contribution in [3.05, 3.63) is 27.7 Å². The maximum Gasteiger partial charge on any atom is 0.142 e. The van der Waals surface area contributed by atoms with Crippen LogP contribution in [0.15, 0.2) is 12.1 Å². The number of rotatable bonds is 9. The molecule has 1 rings (SSSR count). The standard InChI is InChI=1S/C14H21Cl2NO3/c1-10(2)17-9-11-7-12(15)8-13(16)14(11)20-6-5-19-4-3-18/h7-8,10,17-18H,3-6,9H2,1-2H3. The first-order chi connectivity index (χ1) is 9.54. The molecule has 0 saturated carbocycles. The summed E-state index contributed by atoms with van der Waals surface area (Å²) in [5.74, 6) is 0.622. The second kappa shape index (κ2) is 9.42. The normalized spacial score (nSPS) is 11.1. The van der Waals surface area contributed by atoms with E-state index in [1.807, 2.05) is 6.07 Å². The summed E-state index contributed by atoms with van der Waals surface area (Å²) in [6, 6.07) is 3.85. The first kappa shape index (κ1) is 17.5. The lowest BCUT2D eigenvalue weighted by Crippen LogP contribution is -2.22. The van der Waals surface area contributed by atoms with Crippen LogP contribution in [0.1, 0.15) is 19.4 Å². The second-order valence-corrected chi connectivity index (χ2v) is 5.44. The van der Waals surface area contributed by atoms with Gasteiger partial charge in [0, 0.05) is 23.2 Å². The highest BCUT2D eigenvalue weighted by Crippen LogP contribution is 2.32. The van der Waals surface area contributed by atoms with Crippen molar-refractivity contribution >= 4 is 23.2 Å². The van der Waals surface area contributed by atoms with Crippen molar-refractivity contribution in [1.82, 2.24) is 5.32 Å². The molecule has 0 radical (unpaired) electrons. The highest BCUT2D eigenvalue weighted by Gasteiger charge is 2.11. The predicted molar refractivity (Wildman–Crippen MR) is 81.8 cm³/mol. The zero-order valence-electron chi connectivity index (χ0n) is 11.8. The average Bonchev–Trinajstić information content (AvgIpc) is 2.38. The van der Waals surface area contributed by atoms with Gasteiger partial charge < -0.3 is 19.9 Å². The van der Waals surface area contributed by atoms with E-state index in [0.29, 0.717) is 48.2 Å². The van der Waals surface area contributed by atoms with E-state index in [1.54, 1.807) is 6.07 Å². The lowest BCUT2D eigenvalue weighted by atomic mass is 10.2. The third kappa shape index (κ3) is 6.29. The summed E-state index contributed by atoms with van der Waals surface area (Å²) in [5.41, 5.74) is 0.915. The molecular weight excluding hydrogens is 301 g/mol. The maximum absolute atomic E-state index is 8.61. The van der Waals surface area contributed by atoms with Crippen LogP contribution in [-0.2, 0) is 11.3 Å². The van der Waals surface area contributed by atoms with Crippen molar-refractivity contribution in [2.45, 2.75) is 26.4 Å². The fourth-order valence-corrected chi connectivity index (χ4v) is 2.18. The fraction of sp³-hybridized carbons (Fsp3) is 0.571. The molecule has 0 aliphatic carbocycles. The molecule has 0 amide bonds. The Morgan fingerprint density at radius 3 is 2.60 bits per heavy atom. The van der Waals surface area contributed by atoms with Gasteiger partial charge in [-0.05, 0) is 12.1 Å². The van der Waals surface area contributed by atoms with Crippen LogP contribution in [0.4, 0.5) is 0 Å². The van der Waals surface area contributed by atoms with Crippen LogP contribution in [0.3, 0.4) is 0 Å². The molecule has 4 nitrogen and oxygen atoms in total. The minimum Gasteiger partial charge on any atom is -0.489 e. The van der Waals surface area contributed by atoms with E-state index in [0.717, 1.165) is 5.56 Å². The smallest absolute Gasteiger partial charge is 0.142 e. The van der Waals surface area contributed by atoms with Crippen LogP contribution in [0.5, 0.6) is 5.75 Å². The molecule has 0 saturated heterocycles. The summed E-state index contributed by atoms with van der Waals surface area (Å²) in [5, 5.41) is 13.0. The van der Waals surface area contributed by atoms with Crippen LogP contribution in [-0.4, -0.2) is 37.6 Å². The first-order valence-electron chi connectivity index (χ1n) is 6.57. The Morgan fingerprint density at radius 1 is 1.20 bits per heavy atom. The third-order valence-corrected chi connectivity index (χ3v) is 2.99. The van der Waals surface area contributed by atoms with Gasteiger partial charge in [-0.1, -0.05) is 37.0 Å². The Kier molecular flexibility index (Phi) is 8.26. The minimum atomic E-state index is 0.00522. The molecule has 0 aliphatic rings. The molecule has 2 N–H and O–H groups in total. The van der Waals surface area contributed by atoms with E-state index in [1.165, 1.54) is 0 Å². The van der Waals surface area contributed by atoms with Gasteiger partial charge in [-0.25, -0.2) is 0 Å². The van der Waals surface area contributed by atoms with Gasteiger partial charge in [0.25, 0.3) is 0 Å². The SMILES string of the molecule is CC(C)NCc1cc(Cl)cc(Cl)c1OCCOCCO. The molecule has 0 aromatic heterocycles. The summed E-state index contributed by atoms with van der Waals surface area (Å²) < 4.78 is 10.8. The predicted octanol–water partition coefficient (Wildman–Crippen LogP) is 2.88. The Labute approximate surface area is 130 Å². The number of aliphatic hydroxyl groups excluding tert-OH is 1. The molecule has 20 heavy (non-hydrogen) atoms. The summed E-state index contributed by atoms with van der Waals surface area (Å²) >= 11 is 12.2. The van der Waals surface area contributed by atoms with Gasteiger partial charge in [0.15, 0.2) is 0 Å². The molecule has 6 heteroatoms. The van der Waals surface area contributed by atoms with Gasteiger partial charge in [-0.3, -0.25) is 0 Å². The Hall–Kier alpha value is -0.520. The van der Waals surface area contributed by atoms with E-state index < -0.39 is 0 Å². The summed E-state index contributed by atoms with van der Waals surface area (Å²) in [6.07, 6.45) is 0. The van der Waals surface area contributed by atoms with Crippen LogP contribution in [0, 0.1) is 0 Å². The van der Waals surface area contributed by atoms with Crippen molar-refractivity contribution < 1.29 is 14.6 Å². The zero-order chi connectivity index (χ0) is 15.0. The van der Waals surface area contributed by atoms with Gasteiger partial charge in [0.2, 0.25) is 0 Å². The third-order valence-electron chi connectivity index (χ3n) is 2.50. The average molecular weight is 322 g/mol. The van der Waals surface area contributed by atoms with E-state index >= 15 is 0 Å². The highest BCUT2D eigenvalue weighted by molar-refractivity contribution is 6.35. The van der Waals surface area contributed by atoms with Crippen molar-refractivity contribution in [3.63, 3.8) is 0 Å². The quantitative estimate of drug-likeness (QED) is 0.687. The summed E-state index contributed by atoms with van der Waals surface area (Å²) in [4.78, 5) is 0. The van der Waals surface area contributed by atoms with Gasteiger partial charge in [-0.2, -0.15) is 0 Å². The number of aliphatic hydroxyl groups is 1. The molecular formula is C14H21Cl2NO3. The summed E-state index contributed by atoms with van der Waals surface area (Å²) in [6.45, 7) is 5.84. The number of ether oxygens (including phenoxy) is 2. The molecule has 0 heterocycles. The van der Waals surface area contributed by atoms with E-state index in [2.05, 4.69) is 19.2 Å². The van der Waals surface area contributed by atoms with E-state index in [9.17, 15) is 0 Å². The van der Waals surface area contributed by atoms with Gasteiger partial charge in [-0.15, -0.1) is 0 Å². The van der Waals surface area contributed by atoms with Crippen molar-refractivity contribution in [1.29, 1.82) is 0 Å². The maximum atomic E-state index is 8.61. The number of hydrogen-bond donors (Lipinski definition) is 2. The monoisotopic (exact) mass is 321 g/mol. The zero-order valence-corrected chi connectivity index (χ0v) is 13.3. The number of nitrogens with one attached hydrogen (secondary N) is 1. The lowest BCUT2D eigenvalue weighted by Gasteiger charge is -2.15. The van der Waals surface area contributed by atoms with Crippen molar-refractivity contribution in [2.24, 2.45) is 0 Å². The number of halogens is 2. The molecule has 0 fully saturated rings. The second-order valence-electron chi connectivity index (χ2n) is 4.60. The van der Waals surface area contributed by atoms with Gasteiger partial charge >= 0.3 is 0 Å². The molecule has 0 spiro atoms. The van der Waals surface area contributed by atoms with Gasteiger partial charge in [0.05, 0.1) is 24.8 Å². The Morgan fingerprint density at radius 2 is 1.95 bits per heavy atom. The molecule has 0 aliphatic heterocycles. The van der Waals surface area contributed by atoms with Crippen LogP contribution < -0.4 is 10.1 Å². The molecule has 0 bridgehead atoms. The fourth-order valence-electron chi connectivity index (χ4n) is 1.59. The van der Waals surface area contributed by atoms with Crippen LogP contribution >= 0.6 is 23.2 Å². The van der Waals surface area contributed by atoms with E-state index in [-0.39, 0.29) is 6.61 Å². The Bertz CT molecular complexity index is 414. The van der Waals surface area contributed by atoms with Crippen molar-refractivity contribution in [2.75, 3.05) is 26.4 Å². The van der Waals surface area contributed by atoms with Crippen molar-refractivity contribution in [3.8, 4) is 5.75 Å². The van der Waals surface area contributed by atoms with E-state index in [4.69, 9.17) is 37.8 Å². The van der Waals surface area contributed by atoms with Crippen LogP contribution in [0.25, 0.3) is 0 Å². The molecule has 1 aromatic carbocycles. The highest BCUT2D eigenvalue weighted by atomic mass is 35.5. The number of benzene rings is 1.